The van der Waals surface area contributed by atoms with E-state index in [-0.39, 0.29) is 11.3 Å². The summed E-state index contributed by atoms with van der Waals surface area (Å²) in [5.41, 5.74) is 15.3. The maximum atomic E-state index is 12.3. The zero-order valence-electron chi connectivity index (χ0n) is 20.0. The number of allylic oxidation sites excluding steroid dienone is 1. The largest absolute Gasteiger partial charge is 0.490 e. The molecular formula is C30H26N2O5. The predicted octanol–water partition coefficient (Wildman–Crippen LogP) is 5.57. The molecular weight excluding hydrogens is 468 g/mol. The Balaban J connectivity index is 1.39. The van der Waals surface area contributed by atoms with Crippen LogP contribution in [0.1, 0.15) is 26.3 Å². The van der Waals surface area contributed by atoms with Gasteiger partial charge in [0.1, 0.15) is 24.7 Å². The van der Waals surface area contributed by atoms with E-state index in [9.17, 15) is 14.7 Å². The van der Waals surface area contributed by atoms with E-state index in [0.717, 1.165) is 11.1 Å². The number of anilines is 2. The van der Waals surface area contributed by atoms with Gasteiger partial charge in [-0.05, 0) is 59.2 Å². The van der Waals surface area contributed by atoms with Gasteiger partial charge in [0.15, 0.2) is 5.78 Å². The Bertz CT molecular complexity index is 1430. The normalized spacial score (nSPS) is 10.8. The second-order valence-electron chi connectivity index (χ2n) is 8.19. The van der Waals surface area contributed by atoms with E-state index in [1.165, 1.54) is 12.2 Å². The molecule has 0 radical (unpaired) electrons. The Labute approximate surface area is 214 Å². The van der Waals surface area contributed by atoms with E-state index in [1.807, 2.05) is 24.3 Å². The molecule has 186 valence electrons. The van der Waals surface area contributed by atoms with Crippen LogP contribution in [-0.4, -0.2) is 30.1 Å². The van der Waals surface area contributed by atoms with Crippen molar-refractivity contribution in [2.75, 3.05) is 24.7 Å². The number of carboxylic acids is 1. The Hall–Kier alpha value is -5.04. The number of nitrogens with two attached hydrogens (primary N) is 2. The standard InChI is InChI=1S/C30H26N2O5/c31-24-11-15-29(27(32)19-24)37-17-16-36-25-12-8-20(9-13-25)23-7-6-21(26(18-23)30(34)35)10-14-28(33)22-4-2-1-3-5-22/h1-15,18-19H,16-17,31-32H2,(H,34,35). The van der Waals surface area contributed by atoms with E-state index in [0.29, 0.717) is 47.2 Å². The molecule has 0 aliphatic heterocycles. The zero-order chi connectivity index (χ0) is 26.2. The maximum absolute atomic E-state index is 12.3. The number of ketones is 1. The van der Waals surface area contributed by atoms with Crippen LogP contribution in [-0.2, 0) is 0 Å². The van der Waals surface area contributed by atoms with Crippen molar-refractivity contribution < 1.29 is 24.2 Å². The number of hydrogen-bond donors (Lipinski definition) is 3. The first-order chi connectivity index (χ1) is 17.9. The van der Waals surface area contributed by atoms with Crippen molar-refractivity contribution in [2.45, 2.75) is 0 Å². The number of carbonyl (C=O) groups is 2. The van der Waals surface area contributed by atoms with Gasteiger partial charge in [0.05, 0.1) is 11.3 Å². The van der Waals surface area contributed by atoms with Crippen molar-refractivity contribution in [1.29, 1.82) is 0 Å². The molecule has 7 heteroatoms. The van der Waals surface area contributed by atoms with Crippen molar-refractivity contribution >= 4 is 29.2 Å². The highest BCUT2D eigenvalue weighted by atomic mass is 16.5. The van der Waals surface area contributed by atoms with Crippen molar-refractivity contribution in [3.63, 3.8) is 0 Å². The van der Waals surface area contributed by atoms with Crippen LogP contribution in [0.4, 0.5) is 11.4 Å². The fourth-order valence-corrected chi connectivity index (χ4v) is 3.68. The number of aromatic carboxylic acids is 1. The molecule has 0 fully saturated rings. The van der Waals surface area contributed by atoms with E-state index in [1.54, 1.807) is 66.7 Å². The van der Waals surface area contributed by atoms with Crippen LogP contribution in [0.3, 0.4) is 0 Å². The third-order valence-electron chi connectivity index (χ3n) is 5.59. The summed E-state index contributed by atoms with van der Waals surface area (Å²) in [7, 11) is 0. The monoisotopic (exact) mass is 494 g/mol. The summed E-state index contributed by atoms with van der Waals surface area (Å²) < 4.78 is 11.4. The number of benzene rings is 4. The molecule has 0 atom stereocenters. The summed E-state index contributed by atoms with van der Waals surface area (Å²) in [5, 5.41) is 9.73. The van der Waals surface area contributed by atoms with Gasteiger partial charge >= 0.3 is 5.97 Å². The molecule has 37 heavy (non-hydrogen) atoms. The highest BCUT2D eigenvalue weighted by Gasteiger charge is 2.11. The van der Waals surface area contributed by atoms with E-state index >= 15 is 0 Å². The van der Waals surface area contributed by atoms with Crippen LogP contribution < -0.4 is 20.9 Å². The van der Waals surface area contributed by atoms with Gasteiger partial charge in [-0.1, -0.05) is 60.7 Å². The highest BCUT2D eigenvalue weighted by molar-refractivity contribution is 6.07. The maximum Gasteiger partial charge on any atom is 0.336 e. The number of hydrogen-bond acceptors (Lipinski definition) is 6. The summed E-state index contributed by atoms with van der Waals surface area (Å²) in [4.78, 5) is 24.2. The predicted molar refractivity (Wildman–Crippen MR) is 145 cm³/mol. The Morgan fingerprint density at radius 1 is 0.784 bits per heavy atom. The molecule has 4 aromatic rings. The number of nitrogen functional groups attached to an aromatic ring is 2. The van der Waals surface area contributed by atoms with Crippen molar-refractivity contribution in [3.8, 4) is 22.6 Å². The Morgan fingerprint density at radius 2 is 1.49 bits per heavy atom. The molecule has 5 N–H and O–H groups in total. The summed E-state index contributed by atoms with van der Waals surface area (Å²) in [6.45, 7) is 0.620. The lowest BCUT2D eigenvalue weighted by Crippen LogP contribution is -2.10. The molecule has 0 heterocycles. The Morgan fingerprint density at radius 3 is 2.19 bits per heavy atom. The molecule has 0 bridgehead atoms. The van der Waals surface area contributed by atoms with Crippen molar-refractivity contribution in [2.24, 2.45) is 0 Å². The third kappa shape index (κ3) is 6.55. The number of carbonyl (C=O) groups excluding carboxylic acids is 1. The second-order valence-corrected chi connectivity index (χ2v) is 8.19. The molecule has 0 saturated heterocycles. The summed E-state index contributed by atoms with van der Waals surface area (Å²) in [5.74, 6) is -0.0746. The van der Waals surface area contributed by atoms with Crippen LogP contribution in [0.2, 0.25) is 0 Å². The second kappa shape index (κ2) is 11.6. The van der Waals surface area contributed by atoms with Gasteiger partial charge in [0.25, 0.3) is 0 Å². The topological polar surface area (TPSA) is 125 Å². The number of rotatable bonds is 10. The Kier molecular flexibility index (Phi) is 7.85. The van der Waals surface area contributed by atoms with Crippen molar-refractivity contribution in [3.05, 3.63) is 114 Å². The van der Waals surface area contributed by atoms with Gasteiger partial charge in [0.2, 0.25) is 0 Å². The fraction of sp³-hybridized carbons (Fsp3) is 0.0667. The first-order valence-electron chi connectivity index (χ1n) is 11.6. The van der Waals surface area contributed by atoms with Gasteiger partial charge in [0, 0.05) is 11.3 Å². The molecule has 4 aromatic carbocycles. The molecule has 0 aliphatic rings. The molecule has 0 aromatic heterocycles. The first kappa shape index (κ1) is 25.1. The fourth-order valence-electron chi connectivity index (χ4n) is 3.68. The number of carboxylic acid groups (broad SMARTS) is 1. The van der Waals surface area contributed by atoms with Gasteiger partial charge in [-0.15, -0.1) is 0 Å². The molecule has 0 spiro atoms. The van der Waals surface area contributed by atoms with E-state index < -0.39 is 5.97 Å². The molecule has 7 nitrogen and oxygen atoms in total. The van der Waals surface area contributed by atoms with E-state index in [2.05, 4.69) is 0 Å². The molecule has 0 saturated carbocycles. The summed E-state index contributed by atoms with van der Waals surface area (Å²) in [6, 6.07) is 26.3. The lowest BCUT2D eigenvalue weighted by Gasteiger charge is -2.11. The van der Waals surface area contributed by atoms with Crippen LogP contribution in [0.25, 0.3) is 17.2 Å². The van der Waals surface area contributed by atoms with Crippen molar-refractivity contribution in [1.82, 2.24) is 0 Å². The molecule has 0 aliphatic carbocycles. The molecule has 0 unspecified atom stereocenters. The summed E-state index contributed by atoms with van der Waals surface area (Å²) >= 11 is 0. The lowest BCUT2D eigenvalue weighted by atomic mass is 9.98. The smallest absolute Gasteiger partial charge is 0.336 e. The quantitative estimate of drug-likeness (QED) is 0.114. The highest BCUT2D eigenvalue weighted by Crippen LogP contribution is 2.26. The lowest BCUT2D eigenvalue weighted by molar-refractivity contribution is 0.0696. The molecule has 4 rings (SSSR count). The minimum absolute atomic E-state index is 0.106. The van der Waals surface area contributed by atoms with E-state index in [4.69, 9.17) is 20.9 Å². The first-order valence-corrected chi connectivity index (χ1v) is 11.6. The van der Waals surface area contributed by atoms with Gasteiger partial charge in [-0.25, -0.2) is 4.79 Å². The van der Waals surface area contributed by atoms with Crippen LogP contribution >= 0.6 is 0 Å². The third-order valence-corrected chi connectivity index (χ3v) is 5.59. The van der Waals surface area contributed by atoms with Gasteiger partial charge < -0.3 is 26.0 Å². The molecule has 0 amide bonds. The summed E-state index contributed by atoms with van der Waals surface area (Å²) in [6.07, 6.45) is 2.91. The van der Waals surface area contributed by atoms with Crippen LogP contribution in [0.15, 0.2) is 97.1 Å². The average molecular weight is 495 g/mol. The van der Waals surface area contributed by atoms with Gasteiger partial charge in [-0.2, -0.15) is 0 Å². The minimum Gasteiger partial charge on any atom is -0.490 e. The van der Waals surface area contributed by atoms with Gasteiger partial charge in [-0.3, -0.25) is 4.79 Å². The zero-order valence-corrected chi connectivity index (χ0v) is 20.0. The average Bonchev–Trinajstić information content (AvgIpc) is 2.91. The van der Waals surface area contributed by atoms with Crippen LogP contribution in [0, 0.1) is 0 Å². The SMILES string of the molecule is Nc1ccc(OCCOc2ccc(-c3ccc(C=CC(=O)c4ccccc4)c(C(=O)O)c3)cc2)c(N)c1. The van der Waals surface area contributed by atoms with Crippen LogP contribution in [0.5, 0.6) is 11.5 Å². The minimum atomic E-state index is -1.07. The number of ether oxygens (including phenoxy) is 2.